The van der Waals surface area contributed by atoms with Crippen LogP contribution >= 0.6 is 11.3 Å². The average molecular weight is 771 g/mol. The van der Waals surface area contributed by atoms with Crippen molar-refractivity contribution < 1.29 is 32.4 Å². The number of urea groups is 1. The molecule has 13 nitrogen and oxygen atoms in total. The van der Waals surface area contributed by atoms with E-state index in [-0.39, 0.29) is 61.6 Å². The Labute approximate surface area is 317 Å². The van der Waals surface area contributed by atoms with Gasteiger partial charge in [-0.25, -0.2) is 13.2 Å². The second-order valence-corrected chi connectivity index (χ2v) is 19.4. The standard InChI is InChI=1S/C38H54N6O7S2/c1-8-10-16-25(32(45)34(47)39-18-9-2)40-33(46)31-29-24(38(29,6)7)20-44(31)35(48)30(23-14-12-11-13-15-23)42-36(49)41-28(37(3,4)5)22-43-21-26-27(17-19-52-26)53(43,50)51/h1,9,17,19,23-25,28-31H,2,10-16,18,20-22H2,3-7H3,(H,39,47)(H,40,46)(H2,41,42,49)/t24?,25?,28-,29+,30+,31+/m1/s1. The molecule has 15 heteroatoms. The molecule has 2 unspecified atom stereocenters. The van der Waals surface area contributed by atoms with E-state index in [0.717, 1.165) is 37.0 Å². The van der Waals surface area contributed by atoms with E-state index < -0.39 is 63.2 Å². The number of hydrogen-bond donors (Lipinski definition) is 4. The van der Waals surface area contributed by atoms with Crippen LogP contribution in [-0.4, -0.2) is 91.0 Å². The van der Waals surface area contributed by atoms with Gasteiger partial charge in [-0.1, -0.05) is 60.0 Å². The van der Waals surface area contributed by atoms with Crippen LogP contribution in [0, 0.1) is 40.9 Å². The Kier molecular flexibility index (Phi) is 12.2. The first-order chi connectivity index (χ1) is 24.9. The molecular formula is C38H54N6O7S2. The van der Waals surface area contributed by atoms with Gasteiger partial charge in [-0.2, -0.15) is 4.31 Å². The molecule has 0 spiro atoms. The van der Waals surface area contributed by atoms with Gasteiger partial charge in [-0.15, -0.1) is 30.3 Å². The smallest absolute Gasteiger partial charge is 0.315 e. The first-order valence-electron chi connectivity index (χ1n) is 18.5. The summed E-state index contributed by atoms with van der Waals surface area (Å²) in [4.78, 5) is 71.0. The summed E-state index contributed by atoms with van der Waals surface area (Å²) in [5.74, 6) is -0.458. The van der Waals surface area contributed by atoms with E-state index in [1.54, 1.807) is 16.3 Å². The lowest BCUT2D eigenvalue weighted by Crippen LogP contribution is -2.61. The molecule has 2 aliphatic carbocycles. The first kappa shape index (κ1) is 40.4. The molecule has 0 aromatic carbocycles. The van der Waals surface area contributed by atoms with Crippen molar-refractivity contribution in [2.45, 2.75) is 115 Å². The number of rotatable bonds is 14. The number of fused-ring (bicyclic) bond motifs is 2. The lowest BCUT2D eigenvalue weighted by molar-refractivity contribution is -0.144. The molecular weight excluding hydrogens is 717 g/mol. The van der Waals surface area contributed by atoms with E-state index in [1.807, 2.05) is 34.6 Å². The monoisotopic (exact) mass is 770 g/mol. The summed E-state index contributed by atoms with van der Waals surface area (Å²) in [6.45, 7) is 14.1. The summed E-state index contributed by atoms with van der Waals surface area (Å²) in [6, 6.07) is -2.60. The predicted octanol–water partition coefficient (Wildman–Crippen LogP) is 3.17. The number of amides is 5. The third kappa shape index (κ3) is 8.49. The predicted molar refractivity (Wildman–Crippen MR) is 202 cm³/mol. The van der Waals surface area contributed by atoms with E-state index in [9.17, 15) is 32.4 Å². The molecule has 0 radical (unpaired) electrons. The molecule has 2 saturated carbocycles. The van der Waals surface area contributed by atoms with Gasteiger partial charge in [-0.05, 0) is 59.3 Å². The maximum atomic E-state index is 14.7. The molecule has 1 aromatic rings. The first-order valence-corrected chi connectivity index (χ1v) is 20.9. The quantitative estimate of drug-likeness (QED) is 0.128. The summed E-state index contributed by atoms with van der Waals surface area (Å²) in [7, 11) is -3.70. The fraction of sp³-hybridized carbons (Fsp3) is 0.658. The number of likely N-dealkylation sites (tertiary alicyclic amines) is 1. The minimum absolute atomic E-state index is 0.0368. The second-order valence-electron chi connectivity index (χ2n) is 16.5. The van der Waals surface area contributed by atoms with Crippen LogP contribution in [0.1, 0.15) is 84.4 Å². The van der Waals surface area contributed by atoms with Gasteiger partial charge < -0.3 is 26.2 Å². The highest BCUT2D eigenvalue weighted by Crippen LogP contribution is 2.65. The third-order valence-electron chi connectivity index (χ3n) is 11.7. The van der Waals surface area contributed by atoms with Crippen molar-refractivity contribution in [1.29, 1.82) is 0 Å². The number of ketones is 1. The maximum absolute atomic E-state index is 14.7. The van der Waals surface area contributed by atoms with E-state index in [1.165, 1.54) is 21.7 Å². The number of hydrogen-bond acceptors (Lipinski definition) is 8. The lowest BCUT2D eigenvalue weighted by atomic mass is 9.83. The van der Waals surface area contributed by atoms with Gasteiger partial charge in [0.15, 0.2) is 0 Å². The van der Waals surface area contributed by atoms with Gasteiger partial charge in [0.1, 0.15) is 12.1 Å². The second kappa shape index (κ2) is 15.9. The van der Waals surface area contributed by atoms with Crippen molar-refractivity contribution in [3.63, 3.8) is 0 Å². The van der Waals surface area contributed by atoms with Crippen LogP contribution in [0.4, 0.5) is 4.79 Å². The topological polar surface area (TPSA) is 174 Å². The van der Waals surface area contributed by atoms with Crippen LogP contribution in [0.15, 0.2) is 29.0 Å². The van der Waals surface area contributed by atoms with Gasteiger partial charge in [-0.3, -0.25) is 19.2 Å². The summed E-state index contributed by atoms with van der Waals surface area (Å²) < 4.78 is 27.9. The molecule has 6 atom stereocenters. The fourth-order valence-electron chi connectivity index (χ4n) is 8.31. The maximum Gasteiger partial charge on any atom is 0.315 e. The molecule has 3 fully saturated rings. The number of Topliss-reactive ketones (excluding diaryl/α,β-unsaturated/α-hetero) is 1. The summed E-state index contributed by atoms with van der Waals surface area (Å²) >= 11 is 1.39. The summed E-state index contributed by atoms with van der Waals surface area (Å²) in [5.41, 5.74) is -0.767. The largest absolute Gasteiger partial charge is 0.346 e. The number of terminal acetylenes is 1. The Morgan fingerprint density at radius 1 is 1.11 bits per heavy atom. The number of nitrogens with one attached hydrogen (secondary N) is 4. The summed E-state index contributed by atoms with van der Waals surface area (Å²) in [6.07, 6.45) is 11.4. The zero-order chi connectivity index (χ0) is 38.9. The molecule has 2 aliphatic heterocycles. The van der Waals surface area contributed by atoms with Crippen molar-refractivity contribution in [3.8, 4) is 12.3 Å². The highest BCUT2D eigenvalue weighted by atomic mass is 32.2. The van der Waals surface area contributed by atoms with Crippen molar-refractivity contribution in [3.05, 3.63) is 29.0 Å². The lowest BCUT2D eigenvalue weighted by Gasteiger charge is -2.38. The molecule has 1 aromatic heterocycles. The zero-order valence-corrected chi connectivity index (χ0v) is 33.0. The van der Waals surface area contributed by atoms with Crippen molar-refractivity contribution in [2.75, 3.05) is 19.6 Å². The number of carbonyl (C=O) groups excluding carboxylic acids is 5. The Bertz CT molecular complexity index is 1750. The minimum Gasteiger partial charge on any atom is -0.346 e. The van der Waals surface area contributed by atoms with Crippen molar-refractivity contribution >= 4 is 50.9 Å². The van der Waals surface area contributed by atoms with Gasteiger partial charge in [0.25, 0.3) is 5.91 Å². The van der Waals surface area contributed by atoms with E-state index >= 15 is 0 Å². The normalized spacial score (nSPS) is 24.8. The molecule has 1 saturated heterocycles. The molecule has 53 heavy (non-hydrogen) atoms. The van der Waals surface area contributed by atoms with Crippen LogP contribution in [0.2, 0.25) is 0 Å². The Morgan fingerprint density at radius 2 is 1.81 bits per heavy atom. The molecule has 290 valence electrons. The molecule has 5 amide bonds. The number of sulfonamides is 1. The van der Waals surface area contributed by atoms with Crippen LogP contribution in [0.3, 0.4) is 0 Å². The Balaban J connectivity index is 1.35. The average Bonchev–Trinajstić information content (AvgIpc) is 3.56. The number of nitrogens with zero attached hydrogens (tertiary/aromatic N) is 2. The van der Waals surface area contributed by atoms with Gasteiger partial charge in [0.2, 0.25) is 27.6 Å². The van der Waals surface area contributed by atoms with Crippen LogP contribution < -0.4 is 21.3 Å². The number of piperidine rings is 1. The van der Waals surface area contributed by atoms with E-state index in [2.05, 4.69) is 33.8 Å². The molecule has 3 heterocycles. The number of carbonyl (C=O) groups is 5. The van der Waals surface area contributed by atoms with Gasteiger partial charge in [0, 0.05) is 43.5 Å². The van der Waals surface area contributed by atoms with Gasteiger partial charge in [0.05, 0.1) is 10.9 Å². The highest BCUT2D eigenvalue weighted by molar-refractivity contribution is 7.89. The Hall–Kier alpha value is -3.74. The zero-order valence-electron chi connectivity index (χ0n) is 31.4. The molecule has 4 N–H and O–H groups in total. The van der Waals surface area contributed by atoms with Crippen LogP contribution in [0.5, 0.6) is 0 Å². The van der Waals surface area contributed by atoms with E-state index in [0.29, 0.717) is 11.4 Å². The van der Waals surface area contributed by atoms with Crippen LogP contribution in [-0.2, 0) is 35.7 Å². The van der Waals surface area contributed by atoms with Gasteiger partial charge >= 0.3 is 6.03 Å². The van der Waals surface area contributed by atoms with Crippen molar-refractivity contribution in [1.82, 2.24) is 30.5 Å². The third-order valence-corrected chi connectivity index (χ3v) is 14.6. The Morgan fingerprint density at radius 3 is 2.43 bits per heavy atom. The minimum atomic E-state index is -3.70. The highest BCUT2D eigenvalue weighted by Gasteiger charge is 2.69. The van der Waals surface area contributed by atoms with Crippen molar-refractivity contribution in [2.24, 2.45) is 28.6 Å². The van der Waals surface area contributed by atoms with E-state index in [4.69, 9.17) is 6.42 Å². The SMILES string of the molecule is C#CCCC(NC(=O)[C@@H]1[C@@H]2C(CN1C(=O)[C@@H](NC(=O)N[C@H](CN1Cc3sccc3S1(=O)=O)C(C)(C)C)C1CCCCC1)C2(C)C)C(=O)C(=O)NCC=C. The summed E-state index contributed by atoms with van der Waals surface area (Å²) in [5, 5.41) is 13.0. The molecule has 5 rings (SSSR count). The van der Waals surface area contributed by atoms with Crippen LogP contribution in [0.25, 0.3) is 0 Å². The fourth-order valence-corrected chi connectivity index (χ4v) is 11.2. The number of thiophene rings is 1. The molecule has 4 aliphatic rings. The molecule has 0 bridgehead atoms.